The highest BCUT2D eigenvalue weighted by molar-refractivity contribution is 14.1. The fraction of sp³-hybridized carbons (Fsp3) is 0. The van der Waals surface area contributed by atoms with E-state index in [9.17, 15) is 9.59 Å². The zero-order chi connectivity index (χ0) is 14.5. The average molecular weight is 493 g/mol. The van der Waals surface area contributed by atoms with Gasteiger partial charge in [-0.25, -0.2) is 0 Å². The molecule has 1 aliphatic rings. The van der Waals surface area contributed by atoms with Gasteiger partial charge in [0.2, 0.25) is 5.78 Å². The summed E-state index contributed by atoms with van der Waals surface area (Å²) in [5.41, 5.74) is 6.59. The molecule has 0 atom stereocenters. The first-order valence-electron chi connectivity index (χ1n) is 5.53. The second-order valence-electron chi connectivity index (χ2n) is 3.79. The molecule has 1 heterocycles. The standard InChI is InChI=1S/C13H9I2N3O2/c14-10-5-8(6-11(15)12(10)19)7-17-18-13(20)9-1-3-16-4-2-9/h1-7,17H,(H,18,20). The Morgan fingerprint density at radius 1 is 1.15 bits per heavy atom. The van der Waals surface area contributed by atoms with E-state index in [1.807, 2.05) is 45.2 Å². The van der Waals surface area contributed by atoms with E-state index >= 15 is 0 Å². The van der Waals surface area contributed by atoms with Crippen molar-refractivity contribution in [2.45, 2.75) is 0 Å². The highest BCUT2D eigenvalue weighted by Crippen LogP contribution is 2.26. The van der Waals surface area contributed by atoms with Gasteiger partial charge in [-0.15, -0.1) is 0 Å². The van der Waals surface area contributed by atoms with E-state index in [1.165, 1.54) is 0 Å². The molecule has 0 radical (unpaired) electrons. The molecule has 2 N–H and O–H groups in total. The first-order chi connectivity index (χ1) is 9.58. The molecule has 2 rings (SSSR count). The molecule has 20 heavy (non-hydrogen) atoms. The number of hydrazine groups is 1. The van der Waals surface area contributed by atoms with Gasteiger partial charge in [0.1, 0.15) is 0 Å². The number of carbonyl (C=O) groups is 2. The summed E-state index contributed by atoms with van der Waals surface area (Å²) in [6.07, 6.45) is 8.22. The van der Waals surface area contributed by atoms with Crippen LogP contribution in [0.2, 0.25) is 0 Å². The number of amides is 1. The van der Waals surface area contributed by atoms with Crippen molar-refractivity contribution < 1.29 is 9.59 Å². The van der Waals surface area contributed by atoms with E-state index in [0.717, 1.165) is 5.57 Å². The van der Waals surface area contributed by atoms with Crippen LogP contribution < -0.4 is 10.9 Å². The third-order valence-electron chi connectivity index (χ3n) is 2.39. The lowest BCUT2D eigenvalue weighted by molar-refractivity contribution is -0.110. The summed E-state index contributed by atoms with van der Waals surface area (Å²) in [5.74, 6) is -0.238. The first-order valence-corrected chi connectivity index (χ1v) is 7.69. The molecular formula is C13H9I2N3O2. The molecule has 1 aliphatic carbocycles. The van der Waals surface area contributed by atoms with Crippen LogP contribution in [0.15, 0.2) is 55.6 Å². The van der Waals surface area contributed by atoms with Crippen molar-refractivity contribution in [3.63, 3.8) is 0 Å². The van der Waals surface area contributed by atoms with Crippen LogP contribution in [-0.2, 0) is 4.79 Å². The molecule has 7 heteroatoms. The Morgan fingerprint density at radius 3 is 2.35 bits per heavy atom. The third kappa shape index (κ3) is 3.88. The number of halogens is 2. The van der Waals surface area contributed by atoms with Crippen molar-refractivity contribution in [3.8, 4) is 0 Å². The Hall–Kier alpha value is -1.23. The number of allylic oxidation sites excluding steroid dienone is 5. The summed E-state index contributed by atoms with van der Waals surface area (Å²) >= 11 is 3.98. The summed E-state index contributed by atoms with van der Waals surface area (Å²) in [6, 6.07) is 3.24. The van der Waals surface area contributed by atoms with Crippen LogP contribution in [-0.4, -0.2) is 16.7 Å². The topological polar surface area (TPSA) is 71.1 Å². The zero-order valence-corrected chi connectivity index (χ0v) is 14.4. The van der Waals surface area contributed by atoms with E-state index in [0.29, 0.717) is 12.7 Å². The molecule has 1 amide bonds. The second-order valence-corrected chi connectivity index (χ2v) is 6.12. The maximum atomic E-state index is 11.7. The number of nitrogens with zero attached hydrogens (tertiary/aromatic N) is 1. The van der Waals surface area contributed by atoms with Crippen molar-refractivity contribution in [1.29, 1.82) is 0 Å². The lowest BCUT2D eigenvalue weighted by Crippen LogP contribution is -2.33. The average Bonchev–Trinajstić information content (AvgIpc) is 2.45. The molecule has 0 unspecified atom stereocenters. The molecule has 0 saturated heterocycles. The molecule has 0 spiro atoms. The quantitative estimate of drug-likeness (QED) is 0.502. The maximum Gasteiger partial charge on any atom is 0.269 e. The lowest BCUT2D eigenvalue weighted by Gasteiger charge is -2.09. The number of hydrogen-bond acceptors (Lipinski definition) is 4. The minimum Gasteiger partial charge on any atom is -0.305 e. The predicted octanol–water partition coefficient (Wildman–Crippen LogP) is 2.42. The van der Waals surface area contributed by atoms with Gasteiger partial charge in [0.25, 0.3) is 5.91 Å². The van der Waals surface area contributed by atoms with Crippen LogP contribution in [0.5, 0.6) is 0 Å². The number of hydrogen-bond donors (Lipinski definition) is 2. The van der Waals surface area contributed by atoms with E-state index in [2.05, 4.69) is 15.8 Å². The molecule has 0 aliphatic heterocycles. The maximum absolute atomic E-state index is 11.7. The summed E-state index contributed by atoms with van der Waals surface area (Å²) < 4.78 is 1.28. The smallest absolute Gasteiger partial charge is 0.269 e. The van der Waals surface area contributed by atoms with Crippen molar-refractivity contribution >= 4 is 56.9 Å². The minimum atomic E-state index is -0.256. The van der Waals surface area contributed by atoms with Gasteiger partial charge in [-0.1, -0.05) is 0 Å². The Kier molecular flexibility index (Phi) is 5.29. The number of Topliss-reactive ketones (excluding diaryl/α,β-unsaturated/α-hetero) is 1. The largest absolute Gasteiger partial charge is 0.305 e. The first kappa shape index (κ1) is 15.2. The van der Waals surface area contributed by atoms with Crippen LogP contribution in [0.25, 0.3) is 0 Å². The fourth-order valence-electron chi connectivity index (χ4n) is 1.42. The summed E-state index contributed by atoms with van der Waals surface area (Å²) in [4.78, 5) is 27.2. The van der Waals surface area contributed by atoms with Gasteiger partial charge < -0.3 is 5.43 Å². The molecule has 0 bridgehead atoms. The van der Waals surface area contributed by atoms with Crippen LogP contribution in [0.3, 0.4) is 0 Å². The normalized spacial score (nSPS) is 14.3. The highest BCUT2D eigenvalue weighted by atomic mass is 127. The van der Waals surface area contributed by atoms with E-state index < -0.39 is 0 Å². The van der Waals surface area contributed by atoms with Gasteiger partial charge in [0, 0.05) is 24.2 Å². The van der Waals surface area contributed by atoms with Crippen molar-refractivity contribution in [1.82, 2.24) is 15.8 Å². The number of pyridine rings is 1. The van der Waals surface area contributed by atoms with Gasteiger partial charge in [-0.05, 0) is 75.0 Å². The van der Waals surface area contributed by atoms with Gasteiger partial charge in [-0.3, -0.25) is 20.0 Å². The highest BCUT2D eigenvalue weighted by Gasteiger charge is 2.15. The van der Waals surface area contributed by atoms with E-state index in [1.54, 1.807) is 42.9 Å². The second kappa shape index (κ2) is 6.97. The van der Waals surface area contributed by atoms with Gasteiger partial charge in [0.15, 0.2) is 0 Å². The Bertz CT molecular complexity index is 612. The van der Waals surface area contributed by atoms with Gasteiger partial charge >= 0.3 is 0 Å². The number of ketones is 1. The SMILES string of the molecule is O=C1C(I)=CC(=CNNC(=O)c2ccncc2)C=C1I. The van der Waals surface area contributed by atoms with Crippen LogP contribution in [0.4, 0.5) is 0 Å². The summed E-state index contributed by atoms with van der Waals surface area (Å²) in [6.45, 7) is 0. The minimum absolute atomic E-state index is 0.0178. The molecule has 0 fully saturated rings. The Labute approximate surface area is 142 Å². The van der Waals surface area contributed by atoms with Crippen LogP contribution in [0.1, 0.15) is 10.4 Å². The molecule has 1 aromatic rings. The van der Waals surface area contributed by atoms with Crippen molar-refractivity contribution in [3.05, 3.63) is 61.2 Å². The summed E-state index contributed by atoms with van der Waals surface area (Å²) in [5, 5.41) is 0. The Morgan fingerprint density at radius 2 is 1.75 bits per heavy atom. The zero-order valence-electron chi connectivity index (χ0n) is 10.1. The molecule has 5 nitrogen and oxygen atoms in total. The number of carbonyl (C=O) groups excluding carboxylic acids is 2. The van der Waals surface area contributed by atoms with E-state index in [-0.39, 0.29) is 11.7 Å². The Balaban J connectivity index is 1.98. The number of rotatable bonds is 3. The van der Waals surface area contributed by atoms with Gasteiger partial charge in [-0.2, -0.15) is 0 Å². The molecule has 0 saturated carbocycles. The van der Waals surface area contributed by atoms with Gasteiger partial charge in [0.05, 0.1) is 7.16 Å². The third-order valence-corrected chi connectivity index (χ3v) is 3.99. The summed E-state index contributed by atoms with van der Waals surface area (Å²) in [7, 11) is 0. The van der Waals surface area contributed by atoms with Crippen LogP contribution >= 0.6 is 45.2 Å². The molecule has 1 aromatic heterocycles. The molecule has 102 valence electrons. The molecule has 0 aromatic carbocycles. The van der Waals surface area contributed by atoms with E-state index in [4.69, 9.17) is 0 Å². The van der Waals surface area contributed by atoms with Crippen molar-refractivity contribution in [2.24, 2.45) is 0 Å². The predicted molar refractivity (Wildman–Crippen MR) is 92.1 cm³/mol. The molecular weight excluding hydrogens is 484 g/mol. The van der Waals surface area contributed by atoms with Crippen molar-refractivity contribution in [2.75, 3.05) is 0 Å². The lowest BCUT2D eigenvalue weighted by atomic mass is 10.1. The fourth-order valence-corrected chi connectivity index (χ4v) is 3.24. The number of aromatic nitrogens is 1. The van der Waals surface area contributed by atoms with Crippen LogP contribution in [0, 0.1) is 0 Å². The monoisotopic (exact) mass is 493 g/mol. The number of nitrogens with one attached hydrogen (secondary N) is 2.